The van der Waals surface area contributed by atoms with Crippen molar-refractivity contribution in [2.24, 2.45) is 0 Å². The zero-order chi connectivity index (χ0) is 33.9. The predicted octanol–water partition coefficient (Wildman–Crippen LogP) is 3.13. The van der Waals surface area contributed by atoms with Crippen LogP contribution in [0.4, 0.5) is 4.79 Å². The van der Waals surface area contributed by atoms with Crippen molar-refractivity contribution in [3.8, 4) is 0 Å². The molecule has 0 aliphatic carbocycles. The summed E-state index contributed by atoms with van der Waals surface area (Å²) in [7, 11) is 0. The van der Waals surface area contributed by atoms with E-state index < -0.39 is 66.2 Å². The number of amides is 4. The molecule has 4 amide bonds. The lowest BCUT2D eigenvalue weighted by molar-refractivity contribution is -0.148. The first-order chi connectivity index (χ1) is 21.8. The molecular formula is C32H48N4O8S2. The first kappa shape index (κ1) is 37.5. The maximum Gasteiger partial charge on any atom is 0.411 e. The van der Waals surface area contributed by atoms with Crippen LogP contribution in [0.2, 0.25) is 0 Å². The highest BCUT2D eigenvalue weighted by molar-refractivity contribution is 8.21. The highest BCUT2D eigenvalue weighted by atomic mass is 32.2. The standard InChI is InChI=1S/C32H48N4O8S2/c1-6-8-15-43-29(41)25(21-13-10-9-11-14-21)35-24(37)19-33-28(40)26(38)22(12-7-2)34-27(39)23-18-32(45-16-17-46-32)20-36(23)30(42)44-31(3,4)5/h9-11,13-14,22-23,25-26,38H,6-8,12,15-20H2,1-5H3,(H,33,40)(H,34,39)(H,35,37)/t22?,23-,25-,26?/m0/s1. The van der Waals surface area contributed by atoms with Crippen LogP contribution in [0, 0.1) is 0 Å². The molecule has 4 atom stereocenters. The number of carbonyl (C=O) groups excluding carboxylic acids is 5. The van der Waals surface area contributed by atoms with Crippen molar-refractivity contribution < 1.29 is 38.6 Å². The van der Waals surface area contributed by atoms with Gasteiger partial charge >= 0.3 is 12.1 Å². The van der Waals surface area contributed by atoms with Gasteiger partial charge in [0.1, 0.15) is 11.6 Å². The van der Waals surface area contributed by atoms with Gasteiger partial charge in [0.05, 0.1) is 23.3 Å². The van der Waals surface area contributed by atoms with Gasteiger partial charge in [0.25, 0.3) is 5.91 Å². The highest BCUT2D eigenvalue weighted by Gasteiger charge is 2.52. The normalized spacial score (nSPS) is 19.2. The van der Waals surface area contributed by atoms with E-state index in [2.05, 4.69) is 16.0 Å². The number of ether oxygens (including phenoxy) is 2. The van der Waals surface area contributed by atoms with Crippen molar-refractivity contribution in [3.05, 3.63) is 35.9 Å². The first-order valence-electron chi connectivity index (χ1n) is 15.8. The molecule has 2 fully saturated rings. The second-order valence-corrected chi connectivity index (χ2v) is 15.6. The molecule has 0 bridgehead atoms. The molecular weight excluding hydrogens is 633 g/mol. The van der Waals surface area contributed by atoms with Crippen LogP contribution in [0.1, 0.15) is 78.3 Å². The fraction of sp³-hybridized carbons (Fsp3) is 0.656. The summed E-state index contributed by atoms with van der Waals surface area (Å²) in [6, 6.07) is 5.75. The molecule has 46 heavy (non-hydrogen) atoms. The second kappa shape index (κ2) is 17.3. The SMILES string of the molecule is CCCCOC(=O)[C@@H](NC(=O)CNC(=O)C(O)C(CCC)NC(=O)[C@@H]1CC2(CN1C(=O)OC(C)(C)C)SCCS2)c1ccccc1. The number of aliphatic hydroxyl groups excluding tert-OH is 1. The van der Waals surface area contributed by atoms with E-state index in [1.807, 2.05) is 13.8 Å². The average Bonchev–Trinajstić information content (AvgIpc) is 3.64. The second-order valence-electron chi connectivity index (χ2n) is 12.4. The van der Waals surface area contributed by atoms with Crippen LogP contribution in [0.3, 0.4) is 0 Å². The van der Waals surface area contributed by atoms with Crippen LogP contribution >= 0.6 is 23.5 Å². The Morgan fingerprint density at radius 2 is 1.72 bits per heavy atom. The molecule has 14 heteroatoms. The van der Waals surface area contributed by atoms with E-state index in [9.17, 15) is 29.1 Å². The smallest absolute Gasteiger partial charge is 0.411 e. The Bertz CT molecular complexity index is 1210. The summed E-state index contributed by atoms with van der Waals surface area (Å²) in [4.78, 5) is 66.8. The number of unbranched alkanes of at least 4 members (excludes halogenated alkanes) is 1. The molecule has 2 aliphatic rings. The van der Waals surface area contributed by atoms with E-state index >= 15 is 0 Å². The maximum absolute atomic E-state index is 13.6. The van der Waals surface area contributed by atoms with Gasteiger partial charge in [-0.05, 0) is 39.2 Å². The summed E-state index contributed by atoms with van der Waals surface area (Å²) in [6.45, 7) is 9.16. The summed E-state index contributed by atoms with van der Waals surface area (Å²) in [5, 5.41) is 18.8. The van der Waals surface area contributed by atoms with Crippen LogP contribution in [0.15, 0.2) is 30.3 Å². The number of rotatable bonds is 14. The van der Waals surface area contributed by atoms with Gasteiger partial charge in [-0.3, -0.25) is 19.3 Å². The lowest BCUT2D eigenvalue weighted by Crippen LogP contribution is -2.56. The van der Waals surface area contributed by atoms with Gasteiger partial charge in [-0.15, -0.1) is 23.5 Å². The van der Waals surface area contributed by atoms with Crippen LogP contribution in [0.5, 0.6) is 0 Å². The van der Waals surface area contributed by atoms with Crippen molar-refractivity contribution in [2.45, 2.75) is 101 Å². The molecule has 2 heterocycles. The van der Waals surface area contributed by atoms with E-state index in [4.69, 9.17) is 9.47 Å². The quantitative estimate of drug-likeness (QED) is 0.170. The van der Waals surface area contributed by atoms with Gasteiger partial charge in [-0.25, -0.2) is 9.59 Å². The largest absolute Gasteiger partial charge is 0.464 e. The van der Waals surface area contributed by atoms with Crippen LogP contribution in [-0.4, -0.2) is 98.9 Å². The molecule has 2 saturated heterocycles. The molecule has 1 aromatic rings. The summed E-state index contributed by atoms with van der Waals surface area (Å²) in [6.07, 6.45) is 0.509. The summed E-state index contributed by atoms with van der Waals surface area (Å²) < 4.78 is 10.6. The van der Waals surface area contributed by atoms with E-state index in [0.29, 0.717) is 31.4 Å². The van der Waals surface area contributed by atoms with Gasteiger partial charge in [-0.1, -0.05) is 57.0 Å². The minimum absolute atomic E-state index is 0.219. The average molecular weight is 681 g/mol. The number of hydrogen-bond donors (Lipinski definition) is 4. The number of nitrogens with one attached hydrogen (secondary N) is 3. The fourth-order valence-corrected chi connectivity index (χ4v) is 8.44. The number of thioether (sulfide) groups is 2. The lowest BCUT2D eigenvalue weighted by atomic mass is 10.0. The summed E-state index contributed by atoms with van der Waals surface area (Å²) >= 11 is 3.45. The summed E-state index contributed by atoms with van der Waals surface area (Å²) in [5.41, 5.74) is -0.219. The number of carbonyl (C=O) groups is 5. The first-order valence-corrected chi connectivity index (χ1v) is 17.8. The van der Waals surface area contributed by atoms with Crippen LogP contribution < -0.4 is 16.0 Å². The molecule has 2 aliphatic heterocycles. The molecule has 1 spiro atoms. The van der Waals surface area contributed by atoms with E-state index in [0.717, 1.165) is 17.9 Å². The molecule has 0 saturated carbocycles. The van der Waals surface area contributed by atoms with Crippen LogP contribution in [-0.2, 0) is 28.7 Å². The zero-order valence-corrected chi connectivity index (χ0v) is 29.0. The van der Waals surface area contributed by atoms with Gasteiger partial charge in [-0.2, -0.15) is 0 Å². The molecule has 1 aromatic carbocycles. The summed E-state index contributed by atoms with van der Waals surface area (Å²) in [5.74, 6) is -0.783. The molecule has 3 rings (SSSR count). The van der Waals surface area contributed by atoms with Gasteiger partial charge in [0.15, 0.2) is 12.1 Å². The Balaban J connectivity index is 1.63. The Labute approximate surface area is 279 Å². The van der Waals surface area contributed by atoms with Crippen molar-refractivity contribution in [3.63, 3.8) is 0 Å². The van der Waals surface area contributed by atoms with Gasteiger partial charge in [0, 0.05) is 24.5 Å². The van der Waals surface area contributed by atoms with E-state index in [1.54, 1.807) is 74.6 Å². The van der Waals surface area contributed by atoms with Crippen LogP contribution in [0.25, 0.3) is 0 Å². The number of hydrogen-bond acceptors (Lipinski definition) is 10. The Morgan fingerprint density at radius 1 is 1.04 bits per heavy atom. The maximum atomic E-state index is 13.6. The lowest BCUT2D eigenvalue weighted by Gasteiger charge is -2.30. The minimum Gasteiger partial charge on any atom is -0.464 e. The molecule has 12 nitrogen and oxygen atoms in total. The third kappa shape index (κ3) is 10.8. The topological polar surface area (TPSA) is 163 Å². The third-order valence-electron chi connectivity index (χ3n) is 7.45. The predicted molar refractivity (Wildman–Crippen MR) is 178 cm³/mol. The van der Waals surface area contributed by atoms with E-state index in [1.165, 1.54) is 4.90 Å². The number of likely N-dealkylation sites (tertiary alicyclic amines) is 1. The molecule has 4 N–H and O–H groups in total. The fourth-order valence-electron chi connectivity index (χ4n) is 5.18. The monoisotopic (exact) mass is 680 g/mol. The molecule has 0 aromatic heterocycles. The van der Waals surface area contributed by atoms with Crippen molar-refractivity contribution >= 4 is 53.3 Å². The highest BCUT2D eigenvalue weighted by Crippen LogP contribution is 2.52. The number of esters is 1. The molecule has 0 radical (unpaired) electrons. The van der Waals surface area contributed by atoms with Gasteiger partial charge < -0.3 is 30.5 Å². The number of benzene rings is 1. The van der Waals surface area contributed by atoms with Gasteiger partial charge in [0.2, 0.25) is 11.8 Å². The Hall–Kier alpha value is -2.97. The van der Waals surface area contributed by atoms with Crippen molar-refractivity contribution in [2.75, 3.05) is 31.2 Å². The number of nitrogens with zero attached hydrogens (tertiary/aromatic N) is 1. The minimum atomic E-state index is -1.67. The third-order valence-corrected chi connectivity index (χ3v) is 10.9. The van der Waals surface area contributed by atoms with Crippen molar-refractivity contribution in [1.82, 2.24) is 20.9 Å². The van der Waals surface area contributed by atoms with Crippen molar-refractivity contribution in [1.29, 1.82) is 0 Å². The molecule has 256 valence electrons. The Morgan fingerprint density at radius 3 is 2.33 bits per heavy atom. The Kier molecular flexibility index (Phi) is 14.1. The van der Waals surface area contributed by atoms with E-state index in [-0.39, 0.29) is 17.1 Å². The molecule has 2 unspecified atom stereocenters. The zero-order valence-electron chi connectivity index (χ0n) is 27.3. The number of aliphatic hydroxyl groups is 1.